The van der Waals surface area contributed by atoms with Gasteiger partial charge in [0.05, 0.1) is 0 Å². The molecule has 0 bridgehead atoms. The second kappa shape index (κ2) is 5.52. The number of aryl methyl sites for hydroxylation is 1. The maximum atomic E-state index is 3.48. The molecule has 0 aliphatic heterocycles. The summed E-state index contributed by atoms with van der Waals surface area (Å²) in [6.07, 6.45) is 1.21. The highest BCUT2D eigenvalue weighted by Gasteiger charge is 2.05. The van der Waals surface area contributed by atoms with Crippen LogP contribution >= 0.6 is 11.3 Å². The molecule has 2 heteroatoms. The van der Waals surface area contributed by atoms with E-state index in [1.807, 2.05) is 11.3 Å². The molecular weight excluding hydrogens is 190 g/mol. The second-order valence-electron chi connectivity index (χ2n) is 4.38. The lowest BCUT2D eigenvalue weighted by Crippen LogP contribution is -2.28. The molecule has 1 rings (SSSR count). The van der Waals surface area contributed by atoms with Crippen molar-refractivity contribution in [1.29, 1.82) is 0 Å². The van der Waals surface area contributed by atoms with Crippen molar-refractivity contribution in [3.63, 3.8) is 0 Å². The molecule has 1 atom stereocenters. The highest BCUT2D eigenvalue weighted by Crippen LogP contribution is 2.18. The molecule has 0 saturated carbocycles. The summed E-state index contributed by atoms with van der Waals surface area (Å²) in [7, 11) is 0. The molecule has 14 heavy (non-hydrogen) atoms. The van der Waals surface area contributed by atoms with E-state index in [0.717, 1.165) is 12.5 Å². The summed E-state index contributed by atoms with van der Waals surface area (Å²) in [6, 6.07) is 5.07. The first-order chi connectivity index (χ1) is 6.58. The highest BCUT2D eigenvalue weighted by molar-refractivity contribution is 7.11. The van der Waals surface area contributed by atoms with E-state index in [2.05, 4.69) is 45.1 Å². The number of nitrogens with one attached hydrogen (secondary N) is 1. The number of hydrogen-bond donors (Lipinski definition) is 1. The Bertz CT molecular complexity index is 265. The van der Waals surface area contributed by atoms with Crippen molar-refractivity contribution in [3.05, 3.63) is 21.9 Å². The number of hydrogen-bond acceptors (Lipinski definition) is 2. The van der Waals surface area contributed by atoms with Crippen molar-refractivity contribution in [1.82, 2.24) is 5.32 Å². The van der Waals surface area contributed by atoms with Gasteiger partial charge in [0.25, 0.3) is 0 Å². The van der Waals surface area contributed by atoms with Gasteiger partial charge in [0.1, 0.15) is 0 Å². The van der Waals surface area contributed by atoms with E-state index in [4.69, 9.17) is 0 Å². The van der Waals surface area contributed by atoms with Gasteiger partial charge in [-0.15, -0.1) is 11.3 Å². The van der Waals surface area contributed by atoms with Crippen molar-refractivity contribution in [2.45, 2.75) is 40.2 Å². The predicted octanol–water partition coefficient (Wildman–Crippen LogP) is 3.23. The molecule has 0 radical (unpaired) electrons. The van der Waals surface area contributed by atoms with Gasteiger partial charge in [-0.25, -0.2) is 0 Å². The third-order valence-electron chi connectivity index (χ3n) is 2.22. The average Bonchev–Trinajstić information content (AvgIpc) is 2.48. The van der Waals surface area contributed by atoms with E-state index in [-0.39, 0.29) is 0 Å². The van der Waals surface area contributed by atoms with Crippen LogP contribution in [0.15, 0.2) is 12.1 Å². The topological polar surface area (TPSA) is 12.0 Å². The molecule has 1 aromatic rings. The summed E-state index contributed by atoms with van der Waals surface area (Å²) >= 11 is 1.92. The van der Waals surface area contributed by atoms with Gasteiger partial charge in [0, 0.05) is 15.8 Å². The van der Waals surface area contributed by atoms with Crippen molar-refractivity contribution in [2.75, 3.05) is 6.54 Å². The highest BCUT2D eigenvalue weighted by atomic mass is 32.1. The maximum Gasteiger partial charge on any atom is 0.00512 e. The van der Waals surface area contributed by atoms with Gasteiger partial charge >= 0.3 is 0 Å². The molecule has 1 unspecified atom stereocenters. The molecule has 1 N–H and O–H groups in total. The van der Waals surface area contributed by atoms with E-state index in [1.54, 1.807) is 0 Å². The first-order valence-electron chi connectivity index (χ1n) is 5.36. The molecule has 1 aromatic heterocycles. The molecule has 0 spiro atoms. The molecule has 0 fully saturated rings. The Morgan fingerprint density at radius 2 is 2.00 bits per heavy atom. The van der Waals surface area contributed by atoms with E-state index >= 15 is 0 Å². The maximum absolute atomic E-state index is 3.48. The Balaban J connectivity index is 2.30. The Kier molecular flexibility index (Phi) is 4.63. The van der Waals surface area contributed by atoms with Gasteiger partial charge in [0.15, 0.2) is 0 Å². The zero-order valence-corrected chi connectivity index (χ0v) is 10.4. The van der Waals surface area contributed by atoms with Crippen molar-refractivity contribution in [2.24, 2.45) is 5.92 Å². The van der Waals surface area contributed by atoms with Gasteiger partial charge in [-0.05, 0) is 37.9 Å². The average molecular weight is 211 g/mol. The third-order valence-corrected chi connectivity index (χ3v) is 3.24. The fourth-order valence-corrected chi connectivity index (χ4v) is 2.50. The summed E-state index contributed by atoms with van der Waals surface area (Å²) in [4.78, 5) is 2.93. The molecule has 0 saturated heterocycles. The zero-order valence-electron chi connectivity index (χ0n) is 9.63. The Morgan fingerprint density at radius 1 is 1.29 bits per heavy atom. The SMILES string of the molecule is Cc1ccc(CC(C)CNC(C)C)s1. The smallest absolute Gasteiger partial charge is 0.00512 e. The van der Waals surface area contributed by atoms with Crippen LogP contribution in [0.3, 0.4) is 0 Å². The molecule has 1 heterocycles. The quantitative estimate of drug-likeness (QED) is 0.788. The van der Waals surface area contributed by atoms with Crippen LogP contribution in [0.2, 0.25) is 0 Å². The van der Waals surface area contributed by atoms with Crippen LogP contribution in [0.4, 0.5) is 0 Å². The fraction of sp³-hybridized carbons (Fsp3) is 0.667. The minimum absolute atomic E-state index is 0.600. The monoisotopic (exact) mass is 211 g/mol. The Hall–Kier alpha value is -0.340. The molecule has 0 aliphatic rings. The second-order valence-corrected chi connectivity index (χ2v) is 5.76. The molecule has 0 aromatic carbocycles. The number of rotatable bonds is 5. The van der Waals surface area contributed by atoms with E-state index in [9.17, 15) is 0 Å². The lowest BCUT2D eigenvalue weighted by atomic mass is 10.1. The molecule has 80 valence electrons. The van der Waals surface area contributed by atoms with Crippen molar-refractivity contribution >= 4 is 11.3 Å². The Labute approximate surface area is 91.5 Å². The molecular formula is C12H21NS. The zero-order chi connectivity index (χ0) is 10.6. The molecule has 0 aliphatic carbocycles. The lowest BCUT2D eigenvalue weighted by Gasteiger charge is -2.13. The van der Waals surface area contributed by atoms with E-state index in [1.165, 1.54) is 16.2 Å². The van der Waals surface area contributed by atoms with Crippen LogP contribution in [-0.4, -0.2) is 12.6 Å². The van der Waals surface area contributed by atoms with Crippen LogP contribution in [0.1, 0.15) is 30.5 Å². The standard InChI is InChI=1S/C12H21NS/c1-9(2)13-8-10(3)7-12-6-5-11(4)14-12/h5-6,9-10,13H,7-8H2,1-4H3. The van der Waals surface area contributed by atoms with Crippen molar-refractivity contribution in [3.8, 4) is 0 Å². The first-order valence-corrected chi connectivity index (χ1v) is 6.18. The summed E-state index contributed by atoms with van der Waals surface area (Å²) < 4.78 is 0. The van der Waals surface area contributed by atoms with Gasteiger partial charge in [0.2, 0.25) is 0 Å². The Morgan fingerprint density at radius 3 is 2.50 bits per heavy atom. The third kappa shape index (κ3) is 4.25. The van der Waals surface area contributed by atoms with E-state index in [0.29, 0.717) is 6.04 Å². The van der Waals surface area contributed by atoms with Gasteiger partial charge in [-0.2, -0.15) is 0 Å². The fourth-order valence-electron chi connectivity index (χ4n) is 1.45. The van der Waals surface area contributed by atoms with Crippen LogP contribution in [0.5, 0.6) is 0 Å². The first kappa shape index (κ1) is 11.7. The predicted molar refractivity (Wildman–Crippen MR) is 65.1 cm³/mol. The summed E-state index contributed by atoms with van der Waals surface area (Å²) in [5.74, 6) is 0.732. The van der Waals surface area contributed by atoms with E-state index < -0.39 is 0 Å². The summed E-state index contributed by atoms with van der Waals surface area (Å²) in [5.41, 5.74) is 0. The van der Waals surface area contributed by atoms with Crippen LogP contribution < -0.4 is 5.32 Å². The van der Waals surface area contributed by atoms with Gasteiger partial charge in [-0.1, -0.05) is 20.8 Å². The minimum atomic E-state index is 0.600. The largest absolute Gasteiger partial charge is 0.314 e. The van der Waals surface area contributed by atoms with Crippen LogP contribution in [0.25, 0.3) is 0 Å². The van der Waals surface area contributed by atoms with Gasteiger partial charge in [-0.3, -0.25) is 0 Å². The minimum Gasteiger partial charge on any atom is -0.314 e. The molecule has 1 nitrogen and oxygen atoms in total. The normalized spacial score (nSPS) is 13.5. The molecule has 0 amide bonds. The van der Waals surface area contributed by atoms with Crippen LogP contribution in [0, 0.1) is 12.8 Å². The van der Waals surface area contributed by atoms with Gasteiger partial charge < -0.3 is 5.32 Å². The lowest BCUT2D eigenvalue weighted by molar-refractivity contribution is 0.478. The number of thiophene rings is 1. The van der Waals surface area contributed by atoms with Crippen LogP contribution in [-0.2, 0) is 6.42 Å². The summed E-state index contributed by atoms with van der Waals surface area (Å²) in [5, 5.41) is 3.48. The summed E-state index contributed by atoms with van der Waals surface area (Å²) in [6.45, 7) is 9.99. The van der Waals surface area contributed by atoms with Crippen molar-refractivity contribution < 1.29 is 0 Å².